The van der Waals surface area contributed by atoms with Gasteiger partial charge in [-0.2, -0.15) is 0 Å². The highest BCUT2D eigenvalue weighted by Gasteiger charge is 2.42. The Labute approximate surface area is 157 Å². The Kier molecular flexibility index (Phi) is 6.81. The van der Waals surface area contributed by atoms with Crippen molar-refractivity contribution in [1.29, 1.82) is 0 Å². The van der Waals surface area contributed by atoms with Gasteiger partial charge in [-0.1, -0.05) is 18.9 Å². The van der Waals surface area contributed by atoms with Crippen molar-refractivity contribution < 1.29 is 9.18 Å². The summed E-state index contributed by atoms with van der Waals surface area (Å²) in [6, 6.07) is 5.02. The molecule has 0 atom stereocenters. The van der Waals surface area contributed by atoms with Gasteiger partial charge < -0.3 is 15.5 Å². The largest absolute Gasteiger partial charge is 0.355 e. The Balaban J connectivity index is 1.95. The molecule has 7 heteroatoms. The molecule has 0 unspecified atom stereocenters. The summed E-state index contributed by atoms with van der Waals surface area (Å²) in [7, 11) is 5.29. The van der Waals surface area contributed by atoms with Crippen LogP contribution in [-0.2, 0) is 11.3 Å². The highest BCUT2D eigenvalue weighted by atomic mass is 79.9. The second kappa shape index (κ2) is 8.65. The smallest absolute Gasteiger partial charge is 0.230 e. The lowest BCUT2D eigenvalue weighted by molar-refractivity contribution is -0.138. The number of benzene rings is 1. The van der Waals surface area contributed by atoms with Crippen LogP contribution in [-0.4, -0.2) is 44.5 Å². The Hall–Kier alpha value is -1.63. The Morgan fingerprint density at radius 1 is 1.32 bits per heavy atom. The molecule has 1 aromatic rings. The molecule has 0 heterocycles. The van der Waals surface area contributed by atoms with Crippen molar-refractivity contribution in [2.45, 2.75) is 32.2 Å². The van der Waals surface area contributed by atoms with Crippen LogP contribution < -0.4 is 10.6 Å². The van der Waals surface area contributed by atoms with Crippen LogP contribution in [0.1, 0.15) is 31.2 Å². The monoisotopic (exact) mass is 412 g/mol. The first-order valence-electron chi connectivity index (χ1n) is 8.48. The lowest BCUT2D eigenvalue weighted by Gasteiger charge is -2.31. The van der Waals surface area contributed by atoms with E-state index in [9.17, 15) is 9.18 Å². The van der Waals surface area contributed by atoms with Gasteiger partial charge in [-0.25, -0.2) is 4.39 Å². The molecule has 0 spiro atoms. The zero-order valence-corrected chi connectivity index (χ0v) is 16.6. The third-order valence-electron chi connectivity index (χ3n) is 4.68. The van der Waals surface area contributed by atoms with Crippen LogP contribution in [0.25, 0.3) is 0 Å². The van der Waals surface area contributed by atoms with E-state index in [4.69, 9.17) is 0 Å². The third kappa shape index (κ3) is 4.93. The summed E-state index contributed by atoms with van der Waals surface area (Å²) in [5, 5.41) is 6.45. The molecule has 0 radical (unpaired) electrons. The molecule has 1 aliphatic rings. The number of hydrogen-bond acceptors (Lipinski definition) is 2. The molecule has 138 valence electrons. The number of carbonyl (C=O) groups excluding carboxylic acids is 1. The van der Waals surface area contributed by atoms with Crippen molar-refractivity contribution in [3.05, 3.63) is 34.1 Å². The number of hydrogen-bond donors (Lipinski definition) is 2. The standard InChI is InChI=1S/C18H26BrFN4O/c1-21-17(22-11-13-6-7-14(19)15(20)10-13)23-12-18(8-4-5-9-18)16(25)24(2)3/h6-7,10H,4-5,8-9,11-12H2,1-3H3,(H2,21,22,23). The van der Waals surface area contributed by atoms with Crippen LogP contribution in [0.15, 0.2) is 27.7 Å². The summed E-state index contributed by atoms with van der Waals surface area (Å²) < 4.78 is 14.0. The maximum absolute atomic E-state index is 13.6. The molecule has 1 fully saturated rings. The molecule has 25 heavy (non-hydrogen) atoms. The first-order valence-corrected chi connectivity index (χ1v) is 9.27. The summed E-state index contributed by atoms with van der Waals surface area (Å²) in [5.74, 6) is 0.493. The third-order valence-corrected chi connectivity index (χ3v) is 5.33. The number of aliphatic imine (C=N–C) groups is 1. The van der Waals surface area contributed by atoms with Crippen LogP contribution in [0.2, 0.25) is 0 Å². The Morgan fingerprint density at radius 3 is 2.56 bits per heavy atom. The summed E-state index contributed by atoms with van der Waals surface area (Å²) in [5.41, 5.74) is 0.466. The molecule has 1 aromatic carbocycles. The molecule has 0 saturated heterocycles. The van der Waals surface area contributed by atoms with E-state index in [2.05, 4.69) is 31.6 Å². The van der Waals surface area contributed by atoms with E-state index in [0.29, 0.717) is 23.5 Å². The van der Waals surface area contributed by atoms with Crippen LogP contribution >= 0.6 is 15.9 Å². The van der Waals surface area contributed by atoms with E-state index in [1.165, 1.54) is 6.07 Å². The highest BCUT2D eigenvalue weighted by molar-refractivity contribution is 9.10. The van der Waals surface area contributed by atoms with Gasteiger partial charge in [0.25, 0.3) is 0 Å². The SMILES string of the molecule is CN=C(NCc1ccc(Br)c(F)c1)NCC1(C(=O)N(C)C)CCCC1. The molecular weight excluding hydrogens is 387 g/mol. The van der Waals surface area contributed by atoms with Gasteiger partial charge in [-0.05, 0) is 46.5 Å². The van der Waals surface area contributed by atoms with E-state index >= 15 is 0 Å². The molecule has 1 saturated carbocycles. The molecule has 0 aliphatic heterocycles. The van der Waals surface area contributed by atoms with Crippen molar-refractivity contribution in [1.82, 2.24) is 15.5 Å². The molecule has 1 aliphatic carbocycles. The molecule has 1 amide bonds. The molecule has 2 N–H and O–H groups in total. The molecule has 0 bridgehead atoms. The van der Waals surface area contributed by atoms with E-state index in [1.54, 1.807) is 32.1 Å². The van der Waals surface area contributed by atoms with Gasteiger partial charge in [0.2, 0.25) is 5.91 Å². The van der Waals surface area contributed by atoms with Crippen molar-refractivity contribution in [2.75, 3.05) is 27.7 Å². The highest BCUT2D eigenvalue weighted by Crippen LogP contribution is 2.38. The quantitative estimate of drug-likeness (QED) is 0.577. The number of nitrogens with one attached hydrogen (secondary N) is 2. The van der Waals surface area contributed by atoms with Gasteiger partial charge in [-0.3, -0.25) is 9.79 Å². The van der Waals surface area contributed by atoms with E-state index < -0.39 is 0 Å². The normalized spacial score (nSPS) is 16.6. The zero-order valence-electron chi connectivity index (χ0n) is 15.0. The second-order valence-corrected chi connectivity index (χ2v) is 7.57. The van der Waals surface area contributed by atoms with E-state index in [1.807, 2.05) is 6.07 Å². The van der Waals surface area contributed by atoms with Crippen molar-refractivity contribution >= 4 is 27.8 Å². The maximum atomic E-state index is 13.6. The second-order valence-electron chi connectivity index (χ2n) is 6.71. The lowest BCUT2D eigenvalue weighted by atomic mass is 9.84. The van der Waals surface area contributed by atoms with Gasteiger partial charge in [0.05, 0.1) is 9.89 Å². The van der Waals surface area contributed by atoms with Crippen molar-refractivity contribution in [3.8, 4) is 0 Å². The molecule has 0 aromatic heterocycles. The fourth-order valence-electron chi connectivity index (χ4n) is 3.30. The first-order chi connectivity index (χ1) is 11.9. The summed E-state index contributed by atoms with van der Waals surface area (Å²) in [6.07, 6.45) is 3.94. The predicted octanol–water partition coefficient (Wildman–Crippen LogP) is 2.90. The van der Waals surface area contributed by atoms with Crippen LogP contribution in [0.4, 0.5) is 4.39 Å². The number of carbonyl (C=O) groups is 1. The minimum absolute atomic E-state index is 0.169. The summed E-state index contributed by atoms with van der Waals surface area (Å²) >= 11 is 3.15. The topological polar surface area (TPSA) is 56.7 Å². The first kappa shape index (κ1) is 19.7. The fraction of sp³-hybridized carbons (Fsp3) is 0.556. The minimum atomic E-state index is -0.356. The van der Waals surface area contributed by atoms with Crippen molar-refractivity contribution in [3.63, 3.8) is 0 Å². The number of amides is 1. The molecule has 2 rings (SSSR count). The van der Waals surface area contributed by atoms with Crippen molar-refractivity contribution in [2.24, 2.45) is 10.4 Å². The average molecular weight is 413 g/mol. The Bertz CT molecular complexity index is 642. The van der Waals surface area contributed by atoms with Gasteiger partial charge in [0.1, 0.15) is 5.82 Å². The summed E-state index contributed by atoms with van der Waals surface area (Å²) in [4.78, 5) is 18.5. The molecular formula is C18H26BrFN4O. The molecule has 5 nitrogen and oxygen atoms in total. The van der Waals surface area contributed by atoms with E-state index in [-0.39, 0.29) is 17.1 Å². The maximum Gasteiger partial charge on any atom is 0.230 e. The minimum Gasteiger partial charge on any atom is -0.355 e. The summed E-state index contributed by atoms with van der Waals surface area (Å²) in [6.45, 7) is 1.01. The van der Waals surface area contributed by atoms with Gasteiger partial charge in [0, 0.05) is 34.2 Å². The number of halogens is 2. The van der Waals surface area contributed by atoms with E-state index in [0.717, 1.165) is 31.2 Å². The average Bonchev–Trinajstić information content (AvgIpc) is 3.07. The Morgan fingerprint density at radius 2 is 2.00 bits per heavy atom. The zero-order chi connectivity index (χ0) is 18.4. The fourth-order valence-corrected chi connectivity index (χ4v) is 3.55. The van der Waals surface area contributed by atoms with Gasteiger partial charge in [-0.15, -0.1) is 0 Å². The van der Waals surface area contributed by atoms with Crippen LogP contribution in [0.3, 0.4) is 0 Å². The predicted molar refractivity (Wildman–Crippen MR) is 102 cm³/mol. The number of guanidine groups is 1. The number of rotatable bonds is 5. The van der Waals surface area contributed by atoms with Crippen LogP contribution in [0, 0.1) is 11.2 Å². The van der Waals surface area contributed by atoms with Gasteiger partial charge in [0.15, 0.2) is 5.96 Å². The van der Waals surface area contributed by atoms with Gasteiger partial charge >= 0.3 is 0 Å². The lowest BCUT2D eigenvalue weighted by Crippen LogP contribution is -2.49. The van der Waals surface area contributed by atoms with Crippen LogP contribution in [0.5, 0.6) is 0 Å². The number of nitrogens with zero attached hydrogens (tertiary/aromatic N) is 2.